The van der Waals surface area contributed by atoms with Crippen LogP contribution in [0, 0.1) is 0 Å². The van der Waals surface area contributed by atoms with Gasteiger partial charge in [0.25, 0.3) is 0 Å². The molecular formula is C16H15F3N4O. The first-order valence-electron chi connectivity index (χ1n) is 7.42. The Bertz CT molecular complexity index is 748. The van der Waals surface area contributed by atoms with Crippen LogP contribution >= 0.6 is 0 Å². The molecule has 126 valence electrons. The molecule has 8 heteroatoms. The normalized spacial score (nSPS) is 16.7. The summed E-state index contributed by atoms with van der Waals surface area (Å²) >= 11 is 0. The van der Waals surface area contributed by atoms with Crippen molar-refractivity contribution in [1.29, 1.82) is 0 Å². The molecule has 1 aromatic carbocycles. The zero-order valence-electron chi connectivity index (χ0n) is 12.6. The fourth-order valence-electron chi connectivity index (χ4n) is 2.73. The minimum absolute atomic E-state index is 0.103. The maximum Gasteiger partial charge on any atom is 0.416 e. The summed E-state index contributed by atoms with van der Waals surface area (Å²) in [5.41, 5.74) is 0.948. The molecular weight excluding hydrogens is 321 g/mol. The van der Waals surface area contributed by atoms with Crippen LogP contribution in [0.15, 0.2) is 36.8 Å². The first kappa shape index (κ1) is 16.4. The Morgan fingerprint density at radius 1 is 1.33 bits per heavy atom. The molecule has 2 N–H and O–H groups in total. The highest BCUT2D eigenvalue weighted by Gasteiger charge is 2.33. The number of rotatable bonds is 4. The van der Waals surface area contributed by atoms with E-state index in [0.717, 1.165) is 11.8 Å². The van der Waals surface area contributed by atoms with Gasteiger partial charge in [0.1, 0.15) is 12.4 Å². The zero-order chi connectivity index (χ0) is 17.2. The summed E-state index contributed by atoms with van der Waals surface area (Å²) in [5, 5.41) is 5.68. The van der Waals surface area contributed by atoms with Crippen molar-refractivity contribution in [3.05, 3.63) is 59.2 Å². The summed E-state index contributed by atoms with van der Waals surface area (Å²) in [6.07, 6.45) is -1.31. The third kappa shape index (κ3) is 3.38. The molecule has 2 heterocycles. The minimum Gasteiger partial charge on any atom is -0.354 e. The molecule has 0 spiro atoms. The molecule has 0 aliphatic carbocycles. The Kier molecular flexibility index (Phi) is 4.48. The average molecular weight is 336 g/mol. The van der Waals surface area contributed by atoms with Gasteiger partial charge < -0.3 is 5.32 Å². The SMILES string of the molecule is O=C(NCCc1ccccc1C(F)(F)F)C1NCc2ncncc21. The van der Waals surface area contributed by atoms with Gasteiger partial charge in [0, 0.05) is 24.8 Å². The van der Waals surface area contributed by atoms with Crippen molar-refractivity contribution in [3.63, 3.8) is 0 Å². The third-order valence-corrected chi connectivity index (χ3v) is 3.89. The third-order valence-electron chi connectivity index (χ3n) is 3.89. The van der Waals surface area contributed by atoms with Gasteiger partial charge in [-0.05, 0) is 18.1 Å². The van der Waals surface area contributed by atoms with E-state index in [1.54, 1.807) is 12.3 Å². The Morgan fingerprint density at radius 3 is 2.92 bits per heavy atom. The molecule has 5 nitrogen and oxygen atoms in total. The fourth-order valence-corrected chi connectivity index (χ4v) is 2.73. The number of benzene rings is 1. The topological polar surface area (TPSA) is 66.9 Å². The molecule has 0 bridgehead atoms. The van der Waals surface area contributed by atoms with Gasteiger partial charge in [-0.1, -0.05) is 18.2 Å². The lowest BCUT2D eigenvalue weighted by Crippen LogP contribution is -2.35. The van der Waals surface area contributed by atoms with Gasteiger partial charge in [-0.25, -0.2) is 9.97 Å². The van der Waals surface area contributed by atoms with Crippen LogP contribution in [0.25, 0.3) is 0 Å². The number of hydrogen-bond acceptors (Lipinski definition) is 4. The van der Waals surface area contributed by atoms with Gasteiger partial charge in [-0.2, -0.15) is 13.2 Å². The van der Waals surface area contributed by atoms with Crippen LogP contribution in [0.3, 0.4) is 0 Å². The number of fused-ring (bicyclic) bond motifs is 1. The van der Waals surface area contributed by atoms with E-state index in [1.165, 1.54) is 18.5 Å². The van der Waals surface area contributed by atoms with Crippen molar-refractivity contribution >= 4 is 5.91 Å². The van der Waals surface area contributed by atoms with Crippen LogP contribution in [0.2, 0.25) is 0 Å². The molecule has 24 heavy (non-hydrogen) atoms. The number of nitrogens with zero attached hydrogens (tertiary/aromatic N) is 2. The lowest BCUT2D eigenvalue weighted by atomic mass is 10.0. The minimum atomic E-state index is -4.40. The molecule has 0 radical (unpaired) electrons. The van der Waals surface area contributed by atoms with Crippen LogP contribution < -0.4 is 10.6 Å². The molecule has 1 amide bonds. The Balaban J connectivity index is 1.61. The monoisotopic (exact) mass is 336 g/mol. The second kappa shape index (κ2) is 6.56. The number of carbonyl (C=O) groups excluding carboxylic acids is 1. The predicted octanol–water partition coefficient (Wildman–Crippen LogP) is 2.00. The smallest absolute Gasteiger partial charge is 0.354 e. The molecule has 2 aromatic rings. The summed E-state index contributed by atoms with van der Waals surface area (Å²) in [6, 6.07) is 4.80. The largest absolute Gasteiger partial charge is 0.416 e. The molecule has 1 aromatic heterocycles. The van der Waals surface area contributed by atoms with Crippen LogP contribution in [-0.2, 0) is 23.9 Å². The summed E-state index contributed by atoms with van der Waals surface area (Å²) < 4.78 is 38.8. The molecule has 1 atom stereocenters. The number of carbonyl (C=O) groups is 1. The number of hydrogen-bond donors (Lipinski definition) is 2. The molecule has 0 saturated heterocycles. The van der Waals surface area contributed by atoms with E-state index in [0.29, 0.717) is 12.1 Å². The number of halogens is 3. The standard InChI is InChI=1S/C16H15F3N4O/c17-16(18,19)12-4-2-1-3-10(12)5-6-21-15(24)14-11-7-20-9-23-13(11)8-22-14/h1-4,7,9,14,22H,5-6,8H2,(H,21,24). The maximum atomic E-state index is 12.9. The predicted molar refractivity (Wildman–Crippen MR) is 79.8 cm³/mol. The summed E-state index contributed by atoms with van der Waals surface area (Å²) in [7, 11) is 0. The maximum absolute atomic E-state index is 12.9. The van der Waals surface area contributed by atoms with Gasteiger partial charge in [0.15, 0.2) is 0 Å². The Morgan fingerprint density at radius 2 is 2.12 bits per heavy atom. The van der Waals surface area contributed by atoms with Crippen LogP contribution in [0.4, 0.5) is 13.2 Å². The van der Waals surface area contributed by atoms with E-state index in [4.69, 9.17) is 0 Å². The van der Waals surface area contributed by atoms with Crippen molar-refractivity contribution in [2.45, 2.75) is 25.2 Å². The number of amides is 1. The van der Waals surface area contributed by atoms with Crippen LogP contribution in [0.5, 0.6) is 0 Å². The van der Waals surface area contributed by atoms with Crippen molar-refractivity contribution in [2.75, 3.05) is 6.54 Å². The van der Waals surface area contributed by atoms with E-state index < -0.39 is 17.8 Å². The molecule has 0 fully saturated rings. The lowest BCUT2D eigenvalue weighted by molar-refractivity contribution is -0.138. The van der Waals surface area contributed by atoms with Gasteiger partial charge >= 0.3 is 6.18 Å². The van der Waals surface area contributed by atoms with E-state index in [2.05, 4.69) is 20.6 Å². The zero-order valence-corrected chi connectivity index (χ0v) is 12.6. The highest BCUT2D eigenvalue weighted by molar-refractivity contribution is 5.84. The molecule has 1 unspecified atom stereocenters. The Hall–Kier alpha value is -2.48. The molecule has 1 aliphatic rings. The van der Waals surface area contributed by atoms with Crippen molar-refractivity contribution in [2.24, 2.45) is 0 Å². The summed E-state index contributed by atoms with van der Waals surface area (Å²) in [5.74, 6) is -0.298. The van der Waals surface area contributed by atoms with Gasteiger partial charge in [-0.3, -0.25) is 10.1 Å². The van der Waals surface area contributed by atoms with E-state index in [-0.39, 0.29) is 24.4 Å². The first-order valence-corrected chi connectivity index (χ1v) is 7.42. The number of alkyl halides is 3. The van der Waals surface area contributed by atoms with Crippen LogP contribution in [-0.4, -0.2) is 22.4 Å². The highest BCUT2D eigenvalue weighted by Crippen LogP contribution is 2.32. The van der Waals surface area contributed by atoms with Crippen molar-refractivity contribution in [3.8, 4) is 0 Å². The average Bonchev–Trinajstić information content (AvgIpc) is 2.98. The first-order chi connectivity index (χ1) is 11.5. The summed E-state index contributed by atoms with van der Waals surface area (Å²) in [4.78, 5) is 20.2. The van der Waals surface area contributed by atoms with Crippen LogP contribution in [0.1, 0.15) is 28.4 Å². The van der Waals surface area contributed by atoms with E-state index >= 15 is 0 Å². The molecule has 1 aliphatic heterocycles. The fraction of sp³-hybridized carbons (Fsp3) is 0.312. The van der Waals surface area contributed by atoms with Gasteiger partial charge in [-0.15, -0.1) is 0 Å². The number of nitrogens with one attached hydrogen (secondary N) is 2. The van der Waals surface area contributed by atoms with Gasteiger partial charge in [0.2, 0.25) is 5.91 Å². The van der Waals surface area contributed by atoms with E-state index in [9.17, 15) is 18.0 Å². The summed E-state index contributed by atoms with van der Waals surface area (Å²) in [6.45, 7) is 0.583. The molecule has 3 rings (SSSR count). The number of aromatic nitrogens is 2. The van der Waals surface area contributed by atoms with E-state index in [1.807, 2.05) is 0 Å². The van der Waals surface area contributed by atoms with Crippen molar-refractivity contribution in [1.82, 2.24) is 20.6 Å². The van der Waals surface area contributed by atoms with Crippen molar-refractivity contribution < 1.29 is 18.0 Å². The second-order valence-electron chi connectivity index (χ2n) is 5.43. The highest BCUT2D eigenvalue weighted by atomic mass is 19.4. The van der Waals surface area contributed by atoms with Gasteiger partial charge in [0.05, 0.1) is 11.3 Å². The lowest BCUT2D eigenvalue weighted by Gasteiger charge is -2.14. The Labute approximate surface area is 136 Å². The second-order valence-corrected chi connectivity index (χ2v) is 5.43. The quantitative estimate of drug-likeness (QED) is 0.896. The molecule has 0 saturated carbocycles.